The highest BCUT2D eigenvalue weighted by molar-refractivity contribution is 5.64. The third kappa shape index (κ3) is 5.09. The normalized spacial score (nSPS) is 17.0. The van der Waals surface area contributed by atoms with Gasteiger partial charge in [-0.2, -0.15) is 13.2 Å². The number of nitrogens with one attached hydrogen (secondary N) is 1. The van der Waals surface area contributed by atoms with Gasteiger partial charge in [0, 0.05) is 38.8 Å². The van der Waals surface area contributed by atoms with Crippen molar-refractivity contribution >= 4 is 0 Å². The lowest BCUT2D eigenvalue weighted by atomic mass is 9.96. The number of hydrogen-bond acceptors (Lipinski definition) is 3. The summed E-state index contributed by atoms with van der Waals surface area (Å²) in [7, 11) is 0. The number of benzene rings is 2. The number of piperazine rings is 1. The van der Waals surface area contributed by atoms with Gasteiger partial charge in [0.2, 0.25) is 0 Å². The molecule has 0 bridgehead atoms. The van der Waals surface area contributed by atoms with Crippen LogP contribution in [0.1, 0.15) is 30.0 Å². The Labute approximate surface area is 157 Å². The van der Waals surface area contributed by atoms with Crippen molar-refractivity contribution in [1.82, 2.24) is 10.2 Å². The van der Waals surface area contributed by atoms with Crippen LogP contribution in [0.3, 0.4) is 0 Å². The number of aliphatic hydroxyl groups excluding tert-OH is 1. The van der Waals surface area contributed by atoms with Gasteiger partial charge in [0.05, 0.1) is 5.56 Å². The van der Waals surface area contributed by atoms with Gasteiger partial charge in [0.1, 0.15) is 0 Å². The van der Waals surface area contributed by atoms with Gasteiger partial charge >= 0.3 is 6.18 Å². The van der Waals surface area contributed by atoms with Crippen LogP contribution in [0.5, 0.6) is 0 Å². The zero-order valence-corrected chi connectivity index (χ0v) is 15.2. The largest absolute Gasteiger partial charge is 0.416 e. The number of rotatable bonds is 6. The molecule has 0 radical (unpaired) electrons. The van der Waals surface area contributed by atoms with Crippen LogP contribution in [0, 0.1) is 0 Å². The third-order valence-corrected chi connectivity index (χ3v) is 5.07. The second kappa shape index (κ2) is 8.87. The summed E-state index contributed by atoms with van der Waals surface area (Å²) in [5.41, 5.74) is 2.21. The number of aliphatic hydroxyl groups is 1. The molecule has 0 amide bonds. The van der Waals surface area contributed by atoms with Crippen LogP contribution < -0.4 is 5.32 Å². The van der Waals surface area contributed by atoms with Gasteiger partial charge in [-0.1, -0.05) is 36.4 Å². The van der Waals surface area contributed by atoms with Crippen LogP contribution in [0.4, 0.5) is 13.2 Å². The molecule has 1 atom stereocenters. The molecule has 1 aliphatic heterocycles. The van der Waals surface area contributed by atoms with E-state index in [0.29, 0.717) is 0 Å². The first-order valence-electron chi connectivity index (χ1n) is 9.32. The number of hydrogen-bond donors (Lipinski definition) is 2. The van der Waals surface area contributed by atoms with Gasteiger partial charge in [-0.05, 0) is 41.7 Å². The van der Waals surface area contributed by atoms with E-state index in [9.17, 15) is 18.3 Å². The molecule has 3 rings (SSSR count). The minimum Gasteiger partial charge on any atom is -0.396 e. The summed E-state index contributed by atoms with van der Waals surface area (Å²) in [6.07, 6.45) is -2.68. The van der Waals surface area contributed by atoms with Crippen molar-refractivity contribution in [1.29, 1.82) is 0 Å². The zero-order valence-electron chi connectivity index (χ0n) is 15.2. The van der Waals surface area contributed by atoms with Crippen molar-refractivity contribution in [2.75, 3.05) is 32.8 Å². The molecule has 0 unspecified atom stereocenters. The van der Waals surface area contributed by atoms with E-state index < -0.39 is 11.7 Å². The smallest absolute Gasteiger partial charge is 0.396 e. The Bertz CT molecular complexity index is 708. The highest BCUT2D eigenvalue weighted by atomic mass is 19.4. The minimum absolute atomic E-state index is 0.173. The quantitative estimate of drug-likeness (QED) is 0.795. The molecule has 2 N–H and O–H groups in total. The Morgan fingerprint density at radius 3 is 2.00 bits per heavy atom. The minimum atomic E-state index is -4.31. The first-order chi connectivity index (χ1) is 13.0. The van der Waals surface area contributed by atoms with E-state index in [2.05, 4.69) is 22.3 Å². The summed E-state index contributed by atoms with van der Waals surface area (Å²) in [5.74, 6) is 0. The fraction of sp³-hybridized carbons (Fsp3) is 0.429. The third-order valence-electron chi connectivity index (χ3n) is 5.07. The lowest BCUT2D eigenvalue weighted by Crippen LogP contribution is -2.45. The SMILES string of the molecule is OCCC[C@@H](c1ccc(-c2ccc(C(F)(F)F)cc2)cc1)N1CCNCC1. The average molecular weight is 378 g/mol. The first-order valence-corrected chi connectivity index (χ1v) is 9.32. The van der Waals surface area contributed by atoms with Crippen molar-refractivity contribution in [3.05, 3.63) is 59.7 Å². The molecule has 2 aromatic rings. The maximum Gasteiger partial charge on any atom is 0.416 e. The Kier molecular flexibility index (Phi) is 6.52. The van der Waals surface area contributed by atoms with Crippen molar-refractivity contribution < 1.29 is 18.3 Å². The number of halogens is 3. The molecule has 1 aliphatic rings. The fourth-order valence-corrected chi connectivity index (χ4v) is 3.59. The molecule has 1 fully saturated rings. The van der Waals surface area contributed by atoms with Crippen LogP contribution in [-0.2, 0) is 6.18 Å². The molecule has 0 aliphatic carbocycles. The Balaban J connectivity index is 1.77. The van der Waals surface area contributed by atoms with E-state index in [1.165, 1.54) is 17.7 Å². The Morgan fingerprint density at radius 1 is 0.926 bits per heavy atom. The molecular weight excluding hydrogens is 353 g/mol. The lowest BCUT2D eigenvalue weighted by molar-refractivity contribution is -0.137. The molecule has 6 heteroatoms. The summed E-state index contributed by atoms with van der Waals surface area (Å²) in [6.45, 7) is 4.03. The highest BCUT2D eigenvalue weighted by Gasteiger charge is 2.30. The predicted octanol–water partition coefficient (Wildman–Crippen LogP) is 4.09. The monoisotopic (exact) mass is 378 g/mol. The number of nitrogens with zero attached hydrogens (tertiary/aromatic N) is 1. The van der Waals surface area contributed by atoms with E-state index >= 15 is 0 Å². The molecule has 27 heavy (non-hydrogen) atoms. The first kappa shape index (κ1) is 19.9. The van der Waals surface area contributed by atoms with Crippen molar-refractivity contribution in [3.63, 3.8) is 0 Å². The van der Waals surface area contributed by atoms with Crippen molar-refractivity contribution in [2.45, 2.75) is 25.1 Å². The highest BCUT2D eigenvalue weighted by Crippen LogP contribution is 2.32. The lowest BCUT2D eigenvalue weighted by Gasteiger charge is -2.35. The average Bonchev–Trinajstić information content (AvgIpc) is 2.69. The fourth-order valence-electron chi connectivity index (χ4n) is 3.59. The van der Waals surface area contributed by atoms with E-state index in [0.717, 1.165) is 62.3 Å². The summed E-state index contributed by atoms with van der Waals surface area (Å²) in [5, 5.41) is 12.6. The summed E-state index contributed by atoms with van der Waals surface area (Å²) >= 11 is 0. The van der Waals surface area contributed by atoms with E-state index in [4.69, 9.17) is 0 Å². The van der Waals surface area contributed by atoms with Gasteiger partial charge < -0.3 is 10.4 Å². The Hall–Kier alpha value is -1.89. The van der Waals surface area contributed by atoms with Gasteiger partial charge in [0.15, 0.2) is 0 Å². The zero-order chi connectivity index (χ0) is 19.3. The van der Waals surface area contributed by atoms with Gasteiger partial charge in [-0.15, -0.1) is 0 Å². The molecule has 2 aromatic carbocycles. The molecule has 0 aromatic heterocycles. The maximum atomic E-state index is 12.7. The standard InChI is InChI=1S/C21H25F3N2O/c22-21(23,24)19-9-7-17(8-10-19)16-3-5-18(6-4-16)20(2-1-15-27)26-13-11-25-12-14-26/h3-10,20,25,27H,1-2,11-15H2/t20-/m0/s1. The molecule has 3 nitrogen and oxygen atoms in total. The molecule has 1 saturated heterocycles. The number of alkyl halides is 3. The molecule has 0 spiro atoms. The van der Waals surface area contributed by atoms with E-state index in [1.54, 1.807) is 0 Å². The van der Waals surface area contributed by atoms with Gasteiger partial charge in [-0.25, -0.2) is 0 Å². The molecule has 1 heterocycles. The van der Waals surface area contributed by atoms with Crippen LogP contribution in [0.25, 0.3) is 11.1 Å². The Morgan fingerprint density at radius 2 is 1.48 bits per heavy atom. The van der Waals surface area contributed by atoms with E-state index in [-0.39, 0.29) is 12.6 Å². The topological polar surface area (TPSA) is 35.5 Å². The van der Waals surface area contributed by atoms with E-state index in [1.807, 2.05) is 12.1 Å². The second-order valence-electron chi connectivity index (χ2n) is 6.86. The van der Waals surface area contributed by atoms with Crippen LogP contribution in [0.15, 0.2) is 48.5 Å². The van der Waals surface area contributed by atoms with Crippen molar-refractivity contribution in [3.8, 4) is 11.1 Å². The van der Waals surface area contributed by atoms with Crippen LogP contribution in [-0.4, -0.2) is 42.8 Å². The molecule has 0 saturated carbocycles. The van der Waals surface area contributed by atoms with Crippen LogP contribution in [0.2, 0.25) is 0 Å². The summed E-state index contributed by atoms with van der Waals surface area (Å²) < 4.78 is 38.1. The maximum absolute atomic E-state index is 12.7. The van der Waals surface area contributed by atoms with Gasteiger partial charge in [0.25, 0.3) is 0 Å². The molecular formula is C21H25F3N2O. The predicted molar refractivity (Wildman–Crippen MR) is 100 cm³/mol. The van der Waals surface area contributed by atoms with Crippen LogP contribution >= 0.6 is 0 Å². The van der Waals surface area contributed by atoms with Crippen molar-refractivity contribution in [2.24, 2.45) is 0 Å². The van der Waals surface area contributed by atoms with Gasteiger partial charge in [-0.3, -0.25) is 4.90 Å². The second-order valence-corrected chi connectivity index (χ2v) is 6.86. The summed E-state index contributed by atoms with van der Waals surface area (Å²) in [4.78, 5) is 2.43. The molecule has 146 valence electrons. The summed E-state index contributed by atoms with van der Waals surface area (Å²) in [6, 6.07) is 13.5.